The van der Waals surface area contributed by atoms with Crippen LogP contribution in [-0.2, 0) is 33.3 Å². The molecule has 4 heterocycles. The molecule has 0 aromatic rings. The molecule has 164 valence electrons. The van der Waals surface area contributed by atoms with E-state index in [0.29, 0.717) is 6.54 Å². The van der Waals surface area contributed by atoms with Gasteiger partial charge in [-0.25, -0.2) is 4.79 Å². The Labute approximate surface area is 180 Å². The zero-order valence-electron chi connectivity index (χ0n) is 16.7. The summed E-state index contributed by atoms with van der Waals surface area (Å²) in [5.41, 5.74) is 4.45. The second-order valence-corrected chi connectivity index (χ2v) is 9.08. The van der Waals surface area contributed by atoms with E-state index in [2.05, 4.69) is 20.8 Å². The standard InChI is InChI=1S/C18H22BrN3O8/c1-21-9-6-22-11-10(8(7-28-15(20)25)16(22,26-2)12(9)21)13(23)18(29-4-5-30-18)17(19,27-3)14(11)24/h8-9,12H,4-7H2,1-3H3,(H2,20,25)/t8-,9+,12+,16-,17?,21?/m1/s1. The van der Waals surface area contributed by atoms with Crippen LogP contribution >= 0.6 is 15.9 Å². The number of nitrogens with two attached hydrogens (primary N) is 1. The molecule has 5 aliphatic rings. The third-order valence-electron chi connectivity index (χ3n) is 6.99. The van der Waals surface area contributed by atoms with Gasteiger partial charge in [-0.05, 0) is 23.0 Å². The van der Waals surface area contributed by atoms with Crippen LogP contribution in [-0.4, -0.2) is 103 Å². The van der Waals surface area contributed by atoms with Gasteiger partial charge < -0.3 is 34.3 Å². The van der Waals surface area contributed by atoms with E-state index >= 15 is 0 Å². The molecule has 6 atom stereocenters. The van der Waals surface area contributed by atoms with E-state index in [9.17, 15) is 14.4 Å². The molecule has 1 amide bonds. The van der Waals surface area contributed by atoms with Gasteiger partial charge in [-0.1, -0.05) is 0 Å². The Balaban J connectivity index is 1.70. The van der Waals surface area contributed by atoms with Crippen molar-refractivity contribution in [1.82, 2.24) is 9.80 Å². The minimum Gasteiger partial charge on any atom is -0.449 e. The normalized spacial score (nSPS) is 43.1. The van der Waals surface area contributed by atoms with E-state index in [-0.39, 0.29) is 43.2 Å². The quantitative estimate of drug-likeness (QED) is 0.386. The average Bonchev–Trinajstić information content (AvgIpc) is 3.13. The minimum absolute atomic E-state index is 0.0937. The van der Waals surface area contributed by atoms with Crippen LogP contribution in [0.15, 0.2) is 11.3 Å². The van der Waals surface area contributed by atoms with E-state index in [4.69, 9.17) is 29.4 Å². The molecule has 4 aliphatic heterocycles. The number of carbonyl (C=O) groups is 3. The van der Waals surface area contributed by atoms with Gasteiger partial charge in [0.15, 0.2) is 5.72 Å². The Morgan fingerprint density at radius 1 is 1.23 bits per heavy atom. The average molecular weight is 488 g/mol. The van der Waals surface area contributed by atoms with Crippen molar-refractivity contribution in [2.45, 2.75) is 28.1 Å². The number of nitrogens with zero attached hydrogens (tertiary/aromatic N) is 2. The van der Waals surface area contributed by atoms with E-state index in [0.717, 1.165) is 0 Å². The second-order valence-electron chi connectivity index (χ2n) is 7.96. The lowest BCUT2D eigenvalue weighted by molar-refractivity contribution is -0.226. The maximum absolute atomic E-state index is 13.9. The summed E-state index contributed by atoms with van der Waals surface area (Å²) in [6.07, 6.45) is -0.982. The smallest absolute Gasteiger partial charge is 0.404 e. The predicted molar refractivity (Wildman–Crippen MR) is 101 cm³/mol. The van der Waals surface area contributed by atoms with Crippen molar-refractivity contribution in [2.75, 3.05) is 47.6 Å². The van der Waals surface area contributed by atoms with Crippen molar-refractivity contribution < 1.29 is 38.1 Å². The molecule has 0 radical (unpaired) electrons. The molecule has 0 bridgehead atoms. The summed E-state index contributed by atoms with van der Waals surface area (Å²) in [6, 6.07) is 0.0453. The second kappa shape index (κ2) is 6.24. The van der Waals surface area contributed by atoms with E-state index in [1.807, 2.05) is 7.05 Å². The summed E-state index contributed by atoms with van der Waals surface area (Å²) in [6.45, 7) is 0.481. The van der Waals surface area contributed by atoms with Crippen LogP contribution in [0.3, 0.4) is 0 Å². The number of carbonyl (C=O) groups excluding carboxylic acids is 3. The fraction of sp³-hybridized carbons (Fsp3) is 0.722. The first kappa shape index (κ1) is 20.3. The van der Waals surface area contributed by atoms with Crippen LogP contribution in [0.4, 0.5) is 4.79 Å². The molecule has 12 heteroatoms. The number of amides is 1. The third-order valence-corrected chi connectivity index (χ3v) is 8.20. The molecule has 5 rings (SSSR count). The maximum atomic E-state index is 13.9. The van der Waals surface area contributed by atoms with E-state index < -0.39 is 39.6 Å². The molecular formula is C18H22BrN3O8. The molecule has 0 aromatic heterocycles. The highest BCUT2D eigenvalue weighted by Gasteiger charge is 2.80. The van der Waals surface area contributed by atoms with Gasteiger partial charge in [-0.2, -0.15) is 0 Å². The predicted octanol–water partition coefficient (Wildman–Crippen LogP) is -1.06. The number of halogens is 1. The number of Topliss-reactive ketones (excluding diaryl/α,β-unsaturated/α-hetero) is 2. The lowest BCUT2D eigenvalue weighted by atomic mass is 9.79. The number of ether oxygens (including phenoxy) is 5. The number of rotatable bonds is 4. The summed E-state index contributed by atoms with van der Waals surface area (Å²) in [7, 11) is 4.76. The van der Waals surface area contributed by atoms with Crippen molar-refractivity contribution >= 4 is 33.6 Å². The zero-order chi connectivity index (χ0) is 21.6. The Morgan fingerprint density at radius 3 is 2.47 bits per heavy atom. The molecular weight excluding hydrogens is 466 g/mol. The number of ketones is 2. The van der Waals surface area contributed by atoms with Gasteiger partial charge in [0.25, 0.3) is 5.79 Å². The molecule has 3 fully saturated rings. The number of alkyl halides is 1. The molecule has 0 aromatic carbocycles. The summed E-state index contributed by atoms with van der Waals surface area (Å²) in [4.78, 5) is 42.9. The molecule has 2 unspecified atom stereocenters. The van der Waals surface area contributed by atoms with Gasteiger partial charge in [0.05, 0.1) is 30.9 Å². The molecule has 0 saturated carbocycles. The number of likely N-dealkylation sites (N-methyl/N-ethyl adjacent to an activating group) is 1. The first-order chi connectivity index (χ1) is 14.2. The maximum Gasteiger partial charge on any atom is 0.404 e. The summed E-state index contributed by atoms with van der Waals surface area (Å²) in [5.74, 6) is -3.81. The molecule has 1 spiro atoms. The fourth-order valence-electron chi connectivity index (χ4n) is 5.70. The largest absolute Gasteiger partial charge is 0.449 e. The highest BCUT2D eigenvalue weighted by atomic mass is 79.9. The first-order valence-electron chi connectivity index (χ1n) is 9.54. The summed E-state index contributed by atoms with van der Waals surface area (Å²) >= 11 is 3.32. The van der Waals surface area contributed by atoms with Crippen LogP contribution in [0.5, 0.6) is 0 Å². The van der Waals surface area contributed by atoms with Gasteiger partial charge in [-0.15, -0.1) is 0 Å². The van der Waals surface area contributed by atoms with Gasteiger partial charge >= 0.3 is 6.09 Å². The van der Waals surface area contributed by atoms with Crippen LogP contribution in [0.2, 0.25) is 0 Å². The van der Waals surface area contributed by atoms with Crippen molar-refractivity contribution in [3.05, 3.63) is 11.3 Å². The Morgan fingerprint density at radius 2 is 1.90 bits per heavy atom. The number of methoxy groups -OCH3 is 2. The van der Waals surface area contributed by atoms with Gasteiger partial charge in [-0.3, -0.25) is 14.5 Å². The molecule has 1 aliphatic carbocycles. The topological polar surface area (TPSA) is 130 Å². The number of piperazine rings is 1. The highest BCUT2D eigenvalue weighted by molar-refractivity contribution is 9.10. The molecule has 11 nitrogen and oxygen atoms in total. The van der Waals surface area contributed by atoms with E-state index in [1.54, 1.807) is 4.90 Å². The summed E-state index contributed by atoms with van der Waals surface area (Å²) < 4.78 is 26.2. The highest BCUT2D eigenvalue weighted by Crippen LogP contribution is 2.62. The SMILES string of the molecule is COC1(Br)C(=O)C2=C(C(=O)C13OCCO3)[C@@H](COC(N)=O)[C@@]1(OC)[C@@H]3[C@H](CN21)N3C. The zero-order valence-corrected chi connectivity index (χ0v) is 18.3. The lowest BCUT2D eigenvalue weighted by Gasteiger charge is -2.43. The van der Waals surface area contributed by atoms with Crippen molar-refractivity contribution in [2.24, 2.45) is 11.7 Å². The van der Waals surface area contributed by atoms with Crippen molar-refractivity contribution in [3.63, 3.8) is 0 Å². The van der Waals surface area contributed by atoms with Gasteiger partial charge in [0.2, 0.25) is 16.1 Å². The number of hydrogen-bond donors (Lipinski definition) is 1. The van der Waals surface area contributed by atoms with Gasteiger partial charge in [0, 0.05) is 32.4 Å². The monoisotopic (exact) mass is 487 g/mol. The lowest BCUT2D eigenvalue weighted by Crippen LogP contribution is -2.66. The minimum atomic E-state index is -1.98. The molecule has 30 heavy (non-hydrogen) atoms. The van der Waals surface area contributed by atoms with Crippen molar-refractivity contribution in [1.29, 1.82) is 0 Å². The number of primary amides is 1. The fourth-order valence-corrected chi connectivity index (χ4v) is 6.30. The third kappa shape index (κ3) is 2.04. The Kier molecular flexibility index (Phi) is 4.23. The Hall–Kier alpha value is -1.57. The van der Waals surface area contributed by atoms with Crippen LogP contribution < -0.4 is 5.73 Å². The van der Waals surface area contributed by atoms with Gasteiger partial charge in [0.1, 0.15) is 6.61 Å². The van der Waals surface area contributed by atoms with Crippen LogP contribution in [0, 0.1) is 5.92 Å². The van der Waals surface area contributed by atoms with E-state index in [1.165, 1.54) is 14.2 Å². The first-order valence-corrected chi connectivity index (χ1v) is 10.3. The summed E-state index contributed by atoms with van der Waals surface area (Å²) in [5, 5.41) is 0. The molecule has 3 saturated heterocycles. The van der Waals surface area contributed by atoms with Crippen molar-refractivity contribution in [3.8, 4) is 0 Å². The van der Waals surface area contributed by atoms with Crippen LogP contribution in [0.25, 0.3) is 0 Å². The molecule has 2 N–H and O–H groups in total. The number of fused-ring (bicyclic) bond motifs is 4. The number of hydrogen-bond acceptors (Lipinski definition) is 10. The van der Waals surface area contributed by atoms with Crippen LogP contribution in [0.1, 0.15) is 0 Å². The Bertz CT molecular complexity index is 889.